The highest BCUT2D eigenvalue weighted by Gasteiger charge is 2.15. The van der Waals surface area contributed by atoms with E-state index in [-0.39, 0.29) is 0 Å². The molecule has 0 unspecified atom stereocenters. The van der Waals surface area contributed by atoms with Gasteiger partial charge < -0.3 is 4.98 Å². The summed E-state index contributed by atoms with van der Waals surface area (Å²) in [5, 5.41) is 1.79. The Kier molecular flexibility index (Phi) is 2.44. The first-order valence-corrected chi connectivity index (χ1v) is 7.10. The Bertz CT molecular complexity index is 903. The molecule has 0 amide bonds. The zero-order chi connectivity index (χ0) is 13.5. The van der Waals surface area contributed by atoms with Crippen LogP contribution in [0.4, 0.5) is 0 Å². The van der Waals surface area contributed by atoms with Gasteiger partial charge in [-0.25, -0.2) is 4.98 Å². The number of nitrogens with one attached hydrogen (secondary N) is 1. The number of rotatable bonds is 2. The smallest absolute Gasteiger partial charge is 0.152 e. The van der Waals surface area contributed by atoms with Gasteiger partial charge in [0.2, 0.25) is 0 Å². The van der Waals surface area contributed by atoms with Gasteiger partial charge in [-0.3, -0.25) is 4.79 Å². The summed E-state index contributed by atoms with van der Waals surface area (Å²) < 4.78 is 1.12. The molecule has 0 spiro atoms. The van der Waals surface area contributed by atoms with Crippen molar-refractivity contribution in [3.63, 3.8) is 0 Å². The topological polar surface area (TPSA) is 45.8 Å². The molecule has 1 N–H and O–H groups in total. The number of aromatic amines is 1. The second kappa shape index (κ2) is 4.28. The monoisotopic (exact) mass is 278 g/mol. The average Bonchev–Trinajstić information content (AvgIpc) is 3.07. The molecule has 4 rings (SSSR count). The minimum atomic E-state index is 0.680. The molecule has 4 aromatic rings. The van der Waals surface area contributed by atoms with Gasteiger partial charge in [-0.2, -0.15) is 0 Å². The van der Waals surface area contributed by atoms with Crippen molar-refractivity contribution in [2.75, 3.05) is 0 Å². The quantitative estimate of drug-likeness (QED) is 0.557. The highest BCUT2D eigenvalue weighted by Crippen LogP contribution is 2.34. The molecular weight excluding hydrogens is 268 g/mol. The summed E-state index contributed by atoms with van der Waals surface area (Å²) in [6, 6.07) is 15.8. The number of hydrogen-bond donors (Lipinski definition) is 1. The Hall–Kier alpha value is -2.46. The Balaban J connectivity index is 2.03. The van der Waals surface area contributed by atoms with Crippen LogP contribution in [0.15, 0.2) is 48.5 Å². The van der Waals surface area contributed by atoms with Crippen LogP contribution in [0.2, 0.25) is 0 Å². The van der Waals surface area contributed by atoms with Crippen LogP contribution < -0.4 is 0 Å². The van der Waals surface area contributed by atoms with Crippen molar-refractivity contribution in [2.24, 2.45) is 0 Å². The van der Waals surface area contributed by atoms with Crippen molar-refractivity contribution in [3.8, 4) is 10.7 Å². The van der Waals surface area contributed by atoms with E-state index in [1.165, 1.54) is 0 Å². The minimum absolute atomic E-state index is 0.680. The van der Waals surface area contributed by atoms with Gasteiger partial charge >= 0.3 is 0 Å². The van der Waals surface area contributed by atoms with Gasteiger partial charge in [0.1, 0.15) is 5.01 Å². The third-order valence-corrected chi connectivity index (χ3v) is 4.43. The van der Waals surface area contributed by atoms with E-state index in [1.54, 1.807) is 11.3 Å². The molecule has 0 saturated heterocycles. The molecule has 4 heteroatoms. The zero-order valence-corrected chi connectivity index (χ0v) is 11.3. The first-order chi connectivity index (χ1) is 9.86. The van der Waals surface area contributed by atoms with Gasteiger partial charge in [-0.1, -0.05) is 30.3 Å². The molecule has 0 radical (unpaired) electrons. The number of carbonyl (C=O) groups excluding carboxylic acids is 1. The van der Waals surface area contributed by atoms with Crippen molar-refractivity contribution in [1.82, 2.24) is 9.97 Å². The number of benzene rings is 2. The van der Waals surface area contributed by atoms with Crippen LogP contribution in [0.3, 0.4) is 0 Å². The third-order valence-electron chi connectivity index (χ3n) is 3.37. The van der Waals surface area contributed by atoms with E-state index in [9.17, 15) is 4.79 Å². The van der Waals surface area contributed by atoms with Crippen LogP contribution in [-0.4, -0.2) is 16.3 Å². The molecule has 0 aliphatic carbocycles. The summed E-state index contributed by atoms with van der Waals surface area (Å²) in [4.78, 5) is 19.4. The molecule has 0 atom stereocenters. The number of thiazole rings is 1. The highest BCUT2D eigenvalue weighted by atomic mass is 32.1. The summed E-state index contributed by atoms with van der Waals surface area (Å²) in [6.45, 7) is 0. The maximum absolute atomic E-state index is 11.4. The van der Waals surface area contributed by atoms with Gasteiger partial charge in [-0.15, -0.1) is 11.3 Å². The Labute approximate surface area is 118 Å². The highest BCUT2D eigenvalue weighted by molar-refractivity contribution is 7.21. The maximum atomic E-state index is 11.4. The molecule has 0 bridgehead atoms. The van der Waals surface area contributed by atoms with Crippen LogP contribution >= 0.6 is 11.3 Å². The first-order valence-electron chi connectivity index (χ1n) is 6.28. The predicted octanol–water partition coefficient (Wildman–Crippen LogP) is 4.26. The van der Waals surface area contributed by atoms with Crippen LogP contribution in [0, 0.1) is 0 Å². The summed E-state index contributed by atoms with van der Waals surface area (Å²) in [6.07, 6.45) is 0.903. The largest absolute Gasteiger partial charge is 0.352 e. The van der Waals surface area contributed by atoms with Gasteiger partial charge in [0.15, 0.2) is 6.29 Å². The van der Waals surface area contributed by atoms with E-state index in [0.717, 1.165) is 38.1 Å². The molecule has 2 heterocycles. The van der Waals surface area contributed by atoms with Crippen molar-refractivity contribution in [3.05, 3.63) is 54.1 Å². The second-order valence-electron chi connectivity index (χ2n) is 4.56. The van der Waals surface area contributed by atoms with E-state index in [2.05, 4.69) is 9.97 Å². The van der Waals surface area contributed by atoms with E-state index in [4.69, 9.17) is 0 Å². The standard InChI is InChI=1S/C16H10N2OS/c19-9-11-10-5-1-2-6-12(10)17-15(11)16-18-13-7-3-4-8-14(13)20-16/h1-9,17H. The molecule has 0 saturated carbocycles. The van der Waals surface area contributed by atoms with Gasteiger partial charge in [0.25, 0.3) is 0 Å². The summed E-state index contributed by atoms with van der Waals surface area (Å²) in [5.41, 5.74) is 3.41. The number of H-pyrrole nitrogens is 1. The minimum Gasteiger partial charge on any atom is -0.352 e. The molecule has 2 aromatic carbocycles. The maximum Gasteiger partial charge on any atom is 0.152 e. The summed E-state index contributed by atoms with van der Waals surface area (Å²) in [7, 11) is 0. The molecule has 2 aromatic heterocycles. The lowest BCUT2D eigenvalue weighted by Crippen LogP contribution is -1.83. The number of nitrogens with zero attached hydrogens (tertiary/aromatic N) is 1. The third kappa shape index (κ3) is 1.58. The SMILES string of the molecule is O=Cc1c(-c2nc3ccccc3s2)[nH]c2ccccc12. The number of aromatic nitrogens is 2. The molecule has 20 heavy (non-hydrogen) atoms. The van der Waals surface area contributed by atoms with Crippen molar-refractivity contribution in [2.45, 2.75) is 0 Å². The fraction of sp³-hybridized carbons (Fsp3) is 0. The predicted molar refractivity (Wildman–Crippen MR) is 82.3 cm³/mol. The van der Waals surface area contributed by atoms with Gasteiger partial charge in [-0.05, 0) is 18.2 Å². The van der Waals surface area contributed by atoms with Gasteiger partial charge in [0.05, 0.1) is 21.5 Å². The van der Waals surface area contributed by atoms with Crippen LogP contribution in [0.5, 0.6) is 0 Å². The van der Waals surface area contributed by atoms with Gasteiger partial charge in [0, 0.05) is 10.9 Å². The number of para-hydroxylation sites is 2. The number of hydrogen-bond acceptors (Lipinski definition) is 3. The van der Waals surface area contributed by atoms with E-state index < -0.39 is 0 Å². The summed E-state index contributed by atoms with van der Waals surface area (Å²) >= 11 is 1.59. The lowest BCUT2D eigenvalue weighted by molar-refractivity contribution is 0.112. The lowest BCUT2D eigenvalue weighted by Gasteiger charge is -1.92. The van der Waals surface area contributed by atoms with E-state index in [1.807, 2.05) is 48.5 Å². The molecule has 0 aliphatic heterocycles. The van der Waals surface area contributed by atoms with E-state index >= 15 is 0 Å². The van der Waals surface area contributed by atoms with Crippen LogP contribution in [-0.2, 0) is 0 Å². The fourth-order valence-electron chi connectivity index (χ4n) is 2.43. The average molecular weight is 278 g/mol. The lowest BCUT2D eigenvalue weighted by atomic mass is 10.1. The van der Waals surface area contributed by atoms with Crippen LogP contribution in [0.1, 0.15) is 10.4 Å². The normalized spacial score (nSPS) is 11.2. The Morgan fingerprint density at radius 1 is 1.05 bits per heavy atom. The molecule has 96 valence electrons. The zero-order valence-electron chi connectivity index (χ0n) is 10.5. The summed E-state index contributed by atoms with van der Waals surface area (Å²) in [5.74, 6) is 0. The fourth-order valence-corrected chi connectivity index (χ4v) is 3.41. The molecule has 0 aliphatic rings. The van der Waals surface area contributed by atoms with Crippen LogP contribution in [0.25, 0.3) is 31.8 Å². The molecule has 3 nitrogen and oxygen atoms in total. The molecular formula is C16H10N2OS. The Morgan fingerprint density at radius 3 is 2.70 bits per heavy atom. The second-order valence-corrected chi connectivity index (χ2v) is 5.59. The van der Waals surface area contributed by atoms with Crippen molar-refractivity contribution >= 4 is 38.7 Å². The van der Waals surface area contributed by atoms with Crippen molar-refractivity contribution < 1.29 is 4.79 Å². The number of fused-ring (bicyclic) bond motifs is 2. The first kappa shape index (κ1) is 11.4. The van der Waals surface area contributed by atoms with E-state index in [0.29, 0.717) is 5.56 Å². The number of carbonyl (C=O) groups is 1. The Morgan fingerprint density at radius 2 is 1.85 bits per heavy atom. The van der Waals surface area contributed by atoms with Crippen molar-refractivity contribution in [1.29, 1.82) is 0 Å². The number of aldehydes is 1. The molecule has 0 fully saturated rings.